The Balaban J connectivity index is 0.00000178. The normalized spacial score (nSPS) is 12.2. The molecule has 0 aliphatic carbocycles. The molecule has 0 bridgehead atoms. The fraction of sp³-hybridized carbons (Fsp3) is 0.170. The predicted octanol–water partition coefficient (Wildman–Crippen LogP) is 15.6. The fourth-order valence-corrected chi connectivity index (χ4v) is 8.02. The third-order valence-corrected chi connectivity index (χ3v) is 10.2. The molecule has 0 saturated heterocycles. The molecule has 0 aliphatic heterocycles. The molecule has 53 heavy (non-hydrogen) atoms. The van der Waals surface area contributed by atoms with Gasteiger partial charge in [0.2, 0.25) is 0 Å². The molecular formula is C53H52. The van der Waals surface area contributed by atoms with Gasteiger partial charge in [0.1, 0.15) is 0 Å². The topological polar surface area (TPSA) is 0 Å². The SMILES string of the molecule is C.C#C.C=C(C)C(/C=C\C)=C(\C=C/C)c1ccc(-c2c3ccccc3c(-c3ccc(C(C)(C)C)c4ccccc34)c3c(C)cccc23)c2ccccc12. The van der Waals surface area contributed by atoms with Gasteiger partial charge in [-0.2, -0.15) is 0 Å². The van der Waals surface area contributed by atoms with Crippen LogP contribution in [-0.4, -0.2) is 0 Å². The van der Waals surface area contributed by atoms with Gasteiger partial charge in [-0.3, -0.25) is 0 Å². The lowest BCUT2D eigenvalue weighted by Gasteiger charge is -2.25. The Morgan fingerprint density at radius 2 is 1.06 bits per heavy atom. The number of allylic oxidation sites excluding steroid dienone is 7. The van der Waals surface area contributed by atoms with Crippen LogP contribution in [0.3, 0.4) is 0 Å². The van der Waals surface area contributed by atoms with E-state index in [1.165, 1.54) is 87.6 Å². The first-order valence-electron chi connectivity index (χ1n) is 18.1. The van der Waals surface area contributed by atoms with Crippen molar-refractivity contribution in [2.24, 2.45) is 0 Å². The van der Waals surface area contributed by atoms with E-state index in [1.54, 1.807) is 0 Å². The molecule has 0 radical (unpaired) electrons. The van der Waals surface area contributed by atoms with Gasteiger partial charge in [0, 0.05) is 0 Å². The zero-order chi connectivity index (χ0) is 37.2. The summed E-state index contributed by atoms with van der Waals surface area (Å²) in [5.41, 5.74) is 12.4. The summed E-state index contributed by atoms with van der Waals surface area (Å²) in [5.74, 6) is 0. The zero-order valence-corrected chi connectivity index (χ0v) is 31.6. The molecule has 0 amide bonds. The van der Waals surface area contributed by atoms with Crippen molar-refractivity contribution in [3.8, 4) is 35.1 Å². The Bertz CT molecular complexity index is 2610. The van der Waals surface area contributed by atoms with Gasteiger partial charge in [-0.05, 0) is 126 Å². The summed E-state index contributed by atoms with van der Waals surface area (Å²) in [5, 5.41) is 10.2. The van der Waals surface area contributed by atoms with Crippen molar-refractivity contribution in [3.05, 3.63) is 174 Å². The highest BCUT2D eigenvalue weighted by Crippen LogP contribution is 2.49. The van der Waals surface area contributed by atoms with Crippen LogP contribution < -0.4 is 0 Å². The van der Waals surface area contributed by atoms with Gasteiger partial charge >= 0.3 is 0 Å². The van der Waals surface area contributed by atoms with Crippen LogP contribution in [0.1, 0.15) is 65.7 Å². The van der Waals surface area contributed by atoms with Crippen molar-refractivity contribution in [2.75, 3.05) is 0 Å². The standard InChI is InChI=1S/C50H46.C2H2.CH4/c1-9-18-34(32(3)4)35(19-10-2)39-28-29-43(37-22-12-11-21-36(37)39)48-41-25-15-16-26-42(41)49(47-33(5)20-17-27-45(47)48)44-30-31-46(50(6,7)8)40-24-14-13-23-38(40)44;1-2;/h9-31H,3H2,1-2,4-8H3;1-2H;1H4/b18-9-,19-10-,35-34+;;. The first kappa shape index (κ1) is 38.3. The molecule has 0 saturated carbocycles. The second-order valence-electron chi connectivity index (χ2n) is 14.6. The molecule has 7 aromatic carbocycles. The van der Waals surface area contributed by atoms with E-state index in [-0.39, 0.29) is 12.8 Å². The summed E-state index contributed by atoms with van der Waals surface area (Å²) in [4.78, 5) is 0. The molecular weight excluding hydrogens is 637 g/mol. The summed E-state index contributed by atoms with van der Waals surface area (Å²) >= 11 is 0. The minimum absolute atomic E-state index is 0. The Labute approximate surface area is 317 Å². The van der Waals surface area contributed by atoms with E-state index in [9.17, 15) is 0 Å². The quantitative estimate of drug-likeness (QED) is 0.0927. The van der Waals surface area contributed by atoms with E-state index in [0.29, 0.717) is 0 Å². The third-order valence-electron chi connectivity index (χ3n) is 10.2. The van der Waals surface area contributed by atoms with E-state index in [2.05, 4.69) is 207 Å². The van der Waals surface area contributed by atoms with Crippen LogP contribution in [0.2, 0.25) is 0 Å². The van der Waals surface area contributed by atoms with Crippen molar-refractivity contribution in [1.82, 2.24) is 0 Å². The van der Waals surface area contributed by atoms with Crippen molar-refractivity contribution >= 4 is 48.7 Å². The smallest absolute Gasteiger partial charge is 0.00175 e. The van der Waals surface area contributed by atoms with Crippen LogP contribution in [-0.2, 0) is 5.41 Å². The second kappa shape index (κ2) is 15.8. The summed E-state index contributed by atoms with van der Waals surface area (Å²) in [7, 11) is 0. The van der Waals surface area contributed by atoms with Crippen LogP contribution >= 0.6 is 0 Å². The monoisotopic (exact) mass is 688 g/mol. The van der Waals surface area contributed by atoms with E-state index < -0.39 is 0 Å². The van der Waals surface area contributed by atoms with Crippen molar-refractivity contribution < 1.29 is 0 Å². The molecule has 0 unspecified atom stereocenters. The predicted molar refractivity (Wildman–Crippen MR) is 239 cm³/mol. The molecule has 0 atom stereocenters. The van der Waals surface area contributed by atoms with Crippen LogP contribution in [0.15, 0.2) is 157 Å². The molecule has 7 rings (SSSR count). The second-order valence-corrected chi connectivity index (χ2v) is 14.6. The maximum absolute atomic E-state index is 4.35. The summed E-state index contributed by atoms with van der Waals surface area (Å²) < 4.78 is 0. The van der Waals surface area contributed by atoms with Gasteiger partial charge in [-0.15, -0.1) is 12.8 Å². The molecule has 0 N–H and O–H groups in total. The molecule has 0 fully saturated rings. The highest BCUT2D eigenvalue weighted by Gasteiger charge is 2.23. The number of hydrogen-bond donors (Lipinski definition) is 0. The lowest BCUT2D eigenvalue weighted by molar-refractivity contribution is 0.596. The Morgan fingerprint density at radius 3 is 1.64 bits per heavy atom. The van der Waals surface area contributed by atoms with Gasteiger partial charge in [-0.25, -0.2) is 0 Å². The maximum atomic E-state index is 4.35. The van der Waals surface area contributed by atoms with Gasteiger partial charge < -0.3 is 0 Å². The molecule has 0 nitrogen and oxygen atoms in total. The van der Waals surface area contributed by atoms with Crippen LogP contribution in [0.25, 0.3) is 70.9 Å². The largest absolute Gasteiger partial charge is 0.124 e. The maximum Gasteiger partial charge on any atom is -0.00175 e. The summed E-state index contributed by atoms with van der Waals surface area (Å²) in [6.07, 6.45) is 16.6. The van der Waals surface area contributed by atoms with Crippen LogP contribution in [0.4, 0.5) is 0 Å². The lowest BCUT2D eigenvalue weighted by Crippen LogP contribution is -2.11. The van der Waals surface area contributed by atoms with Gasteiger partial charge in [0.25, 0.3) is 0 Å². The minimum atomic E-state index is 0. The van der Waals surface area contributed by atoms with E-state index >= 15 is 0 Å². The van der Waals surface area contributed by atoms with Gasteiger partial charge in [-0.1, -0.05) is 180 Å². The highest BCUT2D eigenvalue weighted by atomic mass is 14.3. The molecule has 0 spiro atoms. The Hall–Kier alpha value is -5.90. The highest BCUT2D eigenvalue weighted by molar-refractivity contribution is 6.26. The Kier molecular flexibility index (Phi) is 11.4. The van der Waals surface area contributed by atoms with Crippen LogP contribution in [0, 0.1) is 19.8 Å². The van der Waals surface area contributed by atoms with Crippen molar-refractivity contribution in [3.63, 3.8) is 0 Å². The van der Waals surface area contributed by atoms with Crippen molar-refractivity contribution in [1.29, 1.82) is 0 Å². The number of benzene rings is 7. The van der Waals surface area contributed by atoms with Gasteiger partial charge in [0.15, 0.2) is 0 Å². The summed E-state index contributed by atoms with van der Waals surface area (Å²) in [6, 6.07) is 43.1. The molecule has 0 heterocycles. The minimum Gasteiger partial charge on any atom is -0.124 e. The van der Waals surface area contributed by atoms with Gasteiger partial charge in [0.05, 0.1) is 0 Å². The molecule has 0 aromatic heterocycles. The lowest BCUT2D eigenvalue weighted by atomic mass is 9.79. The van der Waals surface area contributed by atoms with E-state index in [1.807, 2.05) is 0 Å². The molecule has 7 aromatic rings. The first-order valence-corrected chi connectivity index (χ1v) is 18.1. The number of fused-ring (bicyclic) bond motifs is 4. The summed E-state index contributed by atoms with van der Waals surface area (Å²) in [6.45, 7) is 19.8. The molecule has 0 heteroatoms. The average molecular weight is 689 g/mol. The number of rotatable bonds is 6. The fourth-order valence-electron chi connectivity index (χ4n) is 8.02. The van der Waals surface area contributed by atoms with E-state index in [4.69, 9.17) is 0 Å². The number of hydrogen-bond acceptors (Lipinski definition) is 0. The molecule has 0 aliphatic rings. The Morgan fingerprint density at radius 1 is 0.566 bits per heavy atom. The first-order chi connectivity index (χ1) is 25.2. The van der Waals surface area contributed by atoms with Crippen molar-refractivity contribution in [2.45, 2.75) is 61.3 Å². The average Bonchev–Trinajstić information content (AvgIpc) is 3.15. The van der Waals surface area contributed by atoms with E-state index in [0.717, 1.165) is 11.1 Å². The zero-order valence-electron chi connectivity index (χ0n) is 31.6. The number of terminal acetylenes is 1. The van der Waals surface area contributed by atoms with Crippen LogP contribution in [0.5, 0.6) is 0 Å². The number of aryl methyl sites for hydroxylation is 1. The molecule has 264 valence electrons. The third kappa shape index (κ3) is 6.77.